The summed E-state index contributed by atoms with van der Waals surface area (Å²) in [5, 5.41) is -0.00839. The lowest BCUT2D eigenvalue weighted by molar-refractivity contribution is -0.164. The summed E-state index contributed by atoms with van der Waals surface area (Å²) in [4.78, 5) is 53.5. The quantitative estimate of drug-likeness (QED) is 0.388. The number of benzene rings is 1. The molecular formula is C22H28ClN3O8S. The van der Waals surface area contributed by atoms with Crippen LogP contribution in [0.2, 0.25) is 5.02 Å². The van der Waals surface area contributed by atoms with Crippen LogP contribution < -0.4 is 4.90 Å². The zero-order valence-corrected chi connectivity index (χ0v) is 21.8. The topological polar surface area (TPSA) is 115 Å². The summed E-state index contributed by atoms with van der Waals surface area (Å²) in [5.74, 6) is -2.50. The zero-order chi connectivity index (χ0) is 26.5. The molecule has 0 aromatic heterocycles. The number of ether oxygens (including phenoxy) is 4. The number of urea groups is 2. The zero-order valence-electron chi connectivity index (χ0n) is 20.3. The number of nitrogens with zero attached hydrogens (tertiary/aromatic N) is 3. The van der Waals surface area contributed by atoms with Crippen molar-refractivity contribution < 1.29 is 38.1 Å². The summed E-state index contributed by atoms with van der Waals surface area (Å²) >= 11 is 10.9. The van der Waals surface area contributed by atoms with Crippen LogP contribution >= 0.6 is 23.8 Å². The monoisotopic (exact) mass is 529 g/mol. The fraction of sp³-hybridized carbons (Fsp3) is 0.500. The third-order valence-corrected chi connectivity index (χ3v) is 5.39. The normalized spacial score (nSPS) is 17.2. The van der Waals surface area contributed by atoms with E-state index in [-0.39, 0.29) is 29.5 Å². The number of hydrogen-bond acceptors (Lipinski definition) is 9. The third kappa shape index (κ3) is 7.34. The molecule has 4 amide bonds. The predicted molar refractivity (Wildman–Crippen MR) is 131 cm³/mol. The van der Waals surface area contributed by atoms with Gasteiger partial charge in [-0.2, -0.15) is 0 Å². The predicted octanol–water partition coefficient (Wildman–Crippen LogP) is 3.08. The van der Waals surface area contributed by atoms with Gasteiger partial charge in [0.1, 0.15) is 12.7 Å². The number of halogens is 1. The van der Waals surface area contributed by atoms with Crippen LogP contribution in [0.25, 0.3) is 0 Å². The second-order valence-electron chi connectivity index (χ2n) is 8.30. The number of hydrogen-bond donors (Lipinski definition) is 0. The second-order valence-corrected chi connectivity index (χ2v) is 8.92. The first-order chi connectivity index (χ1) is 16.3. The van der Waals surface area contributed by atoms with E-state index < -0.39 is 42.0 Å². The smallest absolute Gasteiger partial charge is 0.347 e. The van der Waals surface area contributed by atoms with Gasteiger partial charge < -0.3 is 23.8 Å². The van der Waals surface area contributed by atoms with Gasteiger partial charge in [0, 0.05) is 21.1 Å². The van der Waals surface area contributed by atoms with E-state index in [1.165, 1.54) is 51.2 Å². The average molecular weight is 530 g/mol. The van der Waals surface area contributed by atoms with E-state index >= 15 is 0 Å². The van der Waals surface area contributed by atoms with Crippen molar-refractivity contribution in [2.45, 2.75) is 38.8 Å². The standard InChI is InChI=1S/C22H28ClN3O8S/c1-13(18(27)31-10-15-11-32-22(2,3)34-15)33-19(28)16-9-14(7-8-17(16)23)26(20(29)24(4)5)21(30)25(6)12-35/h7-9,12-13,15H,10-11H2,1-6H3. The van der Waals surface area contributed by atoms with Gasteiger partial charge in [-0.3, -0.25) is 4.90 Å². The van der Waals surface area contributed by atoms with Crippen LogP contribution in [0.1, 0.15) is 31.1 Å². The molecule has 1 aromatic carbocycles. The van der Waals surface area contributed by atoms with Gasteiger partial charge in [-0.25, -0.2) is 24.1 Å². The van der Waals surface area contributed by atoms with Crippen LogP contribution in [0, 0.1) is 0 Å². The summed E-state index contributed by atoms with van der Waals surface area (Å²) < 4.78 is 21.3. The SMILES string of the molecule is CC(OC(=O)c1cc(N(C(=O)N(C)C)C(=O)N(C)C=S)ccc1Cl)C(=O)OCC1COC(C)(C)O1. The molecule has 1 fully saturated rings. The molecule has 11 nitrogen and oxygen atoms in total. The van der Waals surface area contributed by atoms with Crippen molar-refractivity contribution in [3.8, 4) is 0 Å². The summed E-state index contributed by atoms with van der Waals surface area (Å²) in [6.07, 6.45) is -1.70. The first-order valence-electron chi connectivity index (χ1n) is 10.5. The van der Waals surface area contributed by atoms with E-state index in [2.05, 4.69) is 0 Å². The largest absolute Gasteiger partial charge is 0.460 e. The van der Waals surface area contributed by atoms with Crippen LogP contribution in [0.4, 0.5) is 15.3 Å². The molecule has 1 heterocycles. The van der Waals surface area contributed by atoms with E-state index in [1.807, 2.05) is 0 Å². The number of imide groups is 1. The molecule has 0 radical (unpaired) electrons. The Hall–Kier alpha value is -2.80. The maximum atomic E-state index is 12.8. The van der Waals surface area contributed by atoms with E-state index in [4.69, 9.17) is 42.8 Å². The highest BCUT2D eigenvalue weighted by Gasteiger charge is 2.34. The highest BCUT2D eigenvalue weighted by Crippen LogP contribution is 2.26. The molecule has 0 spiro atoms. The van der Waals surface area contributed by atoms with Crippen LogP contribution in [0.3, 0.4) is 0 Å². The second kappa shape index (κ2) is 11.8. The molecule has 35 heavy (non-hydrogen) atoms. The number of carbonyl (C=O) groups excluding carboxylic acids is 4. The van der Waals surface area contributed by atoms with E-state index in [9.17, 15) is 19.2 Å². The summed E-state index contributed by atoms with van der Waals surface area (Å²) in [5.41, 5.74) is 0.956. The molecule has 1 aliphatic rings. The van der Waals surface area contributed by atoms with Crippen molar-refractivity contribution in [2.24, 2.45) is 0 Å². The highest BCUT2D eigenvalue weighted by atomic mass is 35.5. The number of carbonyl (C=O) groups is 4. The molecule has 0 bridgehead atoms. The average Bonchev–Trinajstić information content (AvgIpc) is 3.15. The van der Waals surface area contributed by atoms with E-state index in [0.29, 0.717) is 0 Å². The van der Waals surface area contributed by atoms with Crippen molar-refractivity contribution in [1.82, 2.24) is 9.80 Å². The molecule has 0 aliphatic carbocycles. The Bertz CT molecular complexity index is 1000. The molecule has 2 unspecified atom stereocenters. The van der Waals surface area contributed by atoms with Crippen molar-refractivity contribution >= 4 is 59.0 Å². The Morgan fingerprint density at radius 3 is 2.43 bits per heavy atom. The Balaban J connectivity index is 2.15. The number of amides is 4. The lowest BCUT2D eigenvalue weighted by Crippen LogP contribution is -2.48. The lowest BCUT2D eigenvalue weighted by atomic mass is 10.2. The van der Waals surface area contributed by atoms with E-state index in [1.54, 1.807) is 13.8 Å². The van der Waals surface area contributed by atoms with Gasteiger partial charge in [0.05, 0.1) is 28.4 Å². The van der Waals surface area contributed by atoms with Gasteiger partial charge in [0.25, 0.3) is 0 Å². The fourth-order valence-electron chi connectivity index (χ4n) is 2.92. The molecule has 0 N–H and O–H groups in total. The minimum Gasteiger partial charge on any atom is -0.460 e. The Morgan fingerprint density at radius 2 is 1.89 bits per heavy atom. The molecular weight excluding hydrogens is 502 g/mol. The maximum absolute atomic E-state index is 12.8. The number of anilines is 1. The molecule has 2 atom stereocenters. The van der Waals surface area contributed by atoms with Gasteiger partial charge in [0.15, 0.2) is 11.9 Å². The molecule has 1 aromatic rings. The number of rotatable bonds is 7. The van der Waals surface area contributed by atoms with Crippen molar-refractivity contribution in [3.05, 3.63) is 28.8 Å². The van der Waals surface area contributed by atoms with Crippen LogP contribution in [0.15, 0.2) is 18.2 Å². The minimum absolute atomic E-state index is 0.00839. The van der Waals surface area contributed by atoms with Gasteiger partial charge in [-0.15, -0.1) is 0 Å². The Morgan fingerprint density at radius 1 is 1.23 bits per heavy atom. The molecule has 1 saturated heterocycles. The Labute approximate surface area is 213 Å². The molecule has 1 aliphatic heterocycles. The summed E-state index contributed by atoms with van der Waals surface area (Å²) in [6, 6.07) is 2.50. The van der Waals surface area contributed by atoms with Crippen molar-refractivity contribution in [2.75, 3.05) is 39.3 Å². The van der Waals surface area contributed by atoms with Crippen LogP contribution in [-0.4, -0.2) is 91.6 Å². The minimum atomic E-state index is -1.26. The first-order valence-corrected chi connectivity index (χ1v) is 11.3. The molecule has 2 rings (SSSR count). The molecule has 192 valence electrons. The number of thiocarbonyl (C=S) groups is 1. The van der Waals surface area contributed by atoms with Gasteiger partial charge in [-0.05, 0) is 39.0 Å². The Kier molecular flexibility index (Phi) is 9.55. The fourth-order valence-corrected chi connectivity index (χ4v) is 3.21. The lowest BCUT2D eigenvalue weighted by Gasteiger charge is -2.27. The van der Waals surface area contributed by atoms with Crippen molar-refractivity contribution in [3.63, 3.8) is 0 Å². The highest BCUT2D eigenvalue weighted by molar-refractivity contribution is 7.78. The van der Waals surface area contributed by atoms with Gasteiger partial charge in [-0.1, -0.05) is 23.8 Å². The summed E-state index contributed by atoms with van der Waals surface area (Å²) in [7, 11) is 4.30. The van der Waals surface area contributed by atoms with Crippen molar-refractivity contribution in [1.29, 1.82) is 0 Å². The van der Waals surface area contributed by atoms with Gasteiger partial charge >= 0.3 is 24.0 Å². The van der Waals surface area contributed by atoms with Gasteiger partial charge in [0.2, 0.25) is 0 Å². The number of esters is 2. The van der Waals surface area contributed by atoms with Crippen LogP contribution in [-0.2, 0) is 23.7 Å². The molecule has 13 heteroatoms. The molecule has 0 saturated carbocycles. The third-order valence-electron chi connectivity index (χ3n) is 4.75. The van der Waals surface area contributed by atoms with E-state index in [0.717, 1.165) is 15.3 Å². The summed E-state index contributed by atoms with van der Waals surface area (Å²) in [6.45, 7) is 5.01. The first kappa shape index (κ1) is 28.4. The van der Waals surface area contributed by atoms with Crippen LogP contribution in [0.5, 0.6) is 0 Å². The maximum Gasteiger partial charge on any atom is 0.347 e.